The normalized spacial score (nSPS) is 29.4. The summed E-state index contributed by atoms with van der Waals surface area (Å²) in [5, 5.41) is 3.54. The lowest BCUT2D eigenvalue weighted by Crippen LogP contribution is -2.56. The van der Waals surface area contributed by atoms with Gasteiger partial charge in [-0.1, -0.05) is 13.3 Å². The first-order valence-corrected chi connectivity index (χ1v) is 5.74. The van der Waals surface area contributed by atoms with E-state index in [0.29, 0.717) is 12.1 Å². The second-order valence-corrected chi connectivity index (χ2v) is 4.24. The third-order valence-electron chi connectivity index (χ3n) is 2.93. The van der Waals surface area contributed by atoms with Gasteiger partial charge in [-0.2, -0.15) is 0 Å². The van der Waals surface area contributed by atoms with Crippen LogP contribution in [0.3, 0.4) is 0 Å². The number of ether oxygens (including phenoxy) is 1. The van der Waals surface area contributed by atoms with Crippen molar-refractivity contribution in [1.82, 2.24) is 10.2 Å². The van der Waals surface area contributed by atoms with Gasteiger partial charge in [-0.15, -0.1) is 0 Å². The Balaban J connectivity index is 2.37. The van der Waals surface area contributed by atoms with Gasteiger partial charge in [0.1, 0.15) is 0 Å². The molecule has 1 aliphatic rings. The average molecular weight is 200 g/mol. The maximum absolute atomic E-state index is 5.14. The van der Waals surface area contributed by atoms with E-state index >= 15 is 0 Å². The van der Waals surface area contributed by atoms with Crippen molar-refractivity contribution in [2.24, 2.45) is 0 Å². The maximum atomic E-state index is 5.14. The number of methoxy groups -OCH3 is 1. The van der Waals surface area contributed by atoms with Gasteiger partial charge in [0.15, 0.2) is 0 Å². The van der Waals surface area contributed by atoms with Crippen LogP contribution in [0, 0.1) is 0 Å². The molecule has 3 heteroatoms. The molecule has 0 bridgehead atoms. The van der Waals surface area contributed by atoms with Crippen molar-refractivity contribution < 1.29 is 4.74 Å². The molecule has 0 aromatic heterocycles. The quantitative estimate of drug-likeness (QED) is 0.719. The zero-order chi connectivity index (χ0) is 10.4. The van der Waals surface area contributed by atoms with Crippen LogP contribution in [-0.4, -0.2) is 50.3 Å². The minimum atomic E-state index is 0.625. The van der Waals surface area contributed by atoms with Gasteiger partial charge in [0.05, 0.1) is 6.61 Å². The number of hydrogen-bond donors (Lipinski definition) is 1. The number of hydrogen-bond acceptors (Lipinski definition) is 3. The number of piperazine rings is 1. The SMILES string of the molecule is CCCC1CNC(C)CN1CCOC. The van der Waals surface area contributed by atoms with E-state index in [0.717, 1.165) is 26.2 Å². The van der Waals surface area contributed by atoms with Crippen molar-refractivity contribution in [2.45, 2.75) is 38.8 Å². The molecular formula is C11H24N2O. The topological polar surface area (TPSA) is 24.5 Å². The van der Waals surface area contributed by atoms with Crippen LogP contribution in [0.25, 0.3) is 0 Å². The number of nitrogens with zero attached hydrogens (tertiary/aromatic N) is 1. The van der Waals surface area contributed by atoms with E-state index in [1.807, 2.05) is 0 Å². The van der Waals surface area contributed by atoms with Gasteiger partial charge in [-0.05, 0) is 13.3 Å². The average Bonchev–Trinajstić information content (AvgIpc) is 2.18. The second-order valence-electron chi connectivity index (χ2n) is 4.24. The van der Waals surface area contributed by atoms with Crippen molar-refractivity contribution in [3.63, 3.8) is 0 Å². The molecule has 2 atom stereocenters. The van der Waals surface area contributed by atoms with E-state index in [4.69, 9.17) is 4.74 Å². The summed E-state index contributed by atoms with van der Waals surface area (Å²) in [5.41, 5.74) is 0. The molecule has 2 unspecified atom stereocenters. The molecule has 1 fully saturated rings. The molecular weight excluding hydrogens is 176 g/mol. The van der Waals surface area contributed by atoms with Gasteiger partial charge < -0.3 is 10.1 Å². The van der Waals surface area contributed by atoms with Crippen LogP contribution >= 0.6 is 0 Å². The van der Waals surface area contributed by atoms with Gasteiger partial charge in [-0.3, -0.25) is 4.90 Å². The van der Waals surface area contributed by atoms with Crippen LogP contribution in [0.15, 0.2) is 0 Å². The second kappa shape index (κ2) is 6.38. The first-order chi connectivity index (χ1) is 6.77. The predicted octanol–water partition coefficient (Wildman–Crippen LogP) is 1.10. The molecule has 1 heterocycles. The zero-order valence-corrected chi connectivity index (χ0v) is 9.75. The first kappa shape index (κ1) is 12.0. The third kappa shape index (κ3) is 3.56. The summed E-state index contributed by atoms with van der Waals surface area (Å²) < 4.78 is 5.14. The summed E-state index contributed by atoms with van der Waals surface area (Å²) in [4.78, 5) is 2.56. The van der Waals surface area contributed by atoms with Crippen LogP contribution in [0.1, 0.15) is 26.7 Å². The molecule has 1 rings (SSSR count). The smallest absolute Gasteiger partial charge is 0.0589 e. The maximum Gasteiger partial charge on any atom is 0.0589 e. The van der Waals surface area contributed by atoms with Crippen molar-refractivity contribution in [2.75, 3.05) is 33.4 Å². The van der Waals surface area contributed by atoms with Gasteiger partial charge >= 0.3 is 0 Å². The van der Waals surface area contributed by atoms with Gasteiger partial charge in [-0.25, -0.2) is 0 Å². The molecule has 0 radical (unpaired) electrons. The van der Waals surface area contributed by atoms with Crippen molar-refractivity contribution >= 4 is 0 Å². The highest BCUT2D eigenvalue weighted by molar-refractivity contribution is 4.83. The summed E-state index contributed by atoms with van der Waals surface area (Å²) in [6, 6.07) is 1.34. The summed E-state index contributed by atoms with van der Waals surface area (Å²) in [6.45, 7) is 8.74. The highest BCUT2D eigenvalue weighted by atomic mass is 16.5. The van der Waals surface area contributed by atoms with Crippen LogP contribution in [0.2, 0.25) is 0 Å². The Morgan fingerprint density at radius 2 is 2.29 bits per heavy atom. The van der Waals surface area contributed by atoms with Crippen LogP contribution < -0.4 is 5.32 Å². The minimum absolute atomic E-state index is 0.625. The molecule has 3 nitrogen and oxygen atoms in total. The zero-order valence-electron chi connectivity index (χ0n) is 9.75. The largest absolute Gasteiger partial charge is 0.383 e. The standard InChI is InChI=1S/C11H24N2O/c1-4-5-11-8-12-10(2)9-13(11)6-7-14-3/h10-12H,4-9H2,1-3H3. The molecule has 1 saturated heterocycles. The molecule has 84 valence electrons. The molecule has 1 N–H and O–H groups in total. The van der Waals surface area contributed by atoms with E-state index in [1.165, 1.54) is 12.8 Å². The Morgan fingerprint density at radius 1 is 1.50 bits per heavy atom. The molecule has 0 aliphatic carbocycles. The summed E-state index contributed by atoms with van der Waals surface area (Å²) in [6.07, 6.45) is 2.56. The van der Waals surface area contributed by atoms with Crippen molar-refractivity contribution in [3.05, 3.63) is 0 Å². The Hall–Kier alpha value is -0.120. The van der Waals surface area contributed by atoms with Gasteiger partial charge in [0, 0.05) is 38.8 Å². The Morgan fingerprint density at radius 3 is 2.93 bits per heavy atom. The summed E-state index contributed by atoms with van der Waals surface area (Å²) in [7, 11) is 1.78. The lowest BCUT2D eigenvalue weighted by molar-refractivity contribution is 0.0852. The fraction of sp³-hybridized carbons (Fsp3) is 1.00. The molecule has 0 spiro atoms. The monoisotopic (exact) mass is 200 g/mol. The highest BCUT2D eigenvalue weighted by Crippen LogP contribution is 2.11. The Kier molecular flexibility index (Phi) is 5.45. The van der Waals surface area contributed by atoms with Crippen molar-refractivity contribution in [1.29, 1.82) is 0 Å². The van der Waals surface area contributed by atoms with E-state index in [-0.39, 0.29) is 0 Å². The number of nitrogens with one attached hydrogen (secondary N) is 1. The third-order valence-corrected chi connectivity index (χ3v) is 2.93. The molecule has 14 heavy (non-hydrogen) atoms. The van der Waals surface area contributed by atoms with Crippen LogP contribution in [-0.2, 0) is 4.74 Å². The van der Waals surface area contributed by atoms with E-state index in [2.05, 4.69) is 24.1 Å². The Labute approximate surface area is 87.8 Å². The summed E-state index contributed by atoms with van der Waals surface area (Å²) >= 11 is 0. The lowest BCUT2D eigenvalue weighted by Gasteiger charge is -2.39. The van der Waals surface area contributed by atoms with E-state index in [9.17, 15) is 0 Å². The lowest BCUT2D eigenvalue weighted by atomic mass is 10.1. The van der Waals surface area contributed by atoms with E-state index < -0.39 is 0 Å². The highest BCUT2D eigenvalue weighted by Gasteiger charge is 2.24. The Bertz CT molecular complexity index is 152. The number of rotatable bonds is 5. The van der Waals surface area contributed by atoms with Gasteiger partial charge in [0.25, 0.3) is 0 Å². The summed E-state index contributed by atoms with van der Waals surface area (Å²) in [5.74, 6) is 0. The molecule has 1 aliphatic heterocycles. The van der Waals surface area contributed by atoms with Crippen molar-refractivity contribution in [3.8, 4) is 0 Å². The molecule has 0 aromatic carbocycles. The first-order valence-electron chi connectivity index (χ1n) is 5.74. The van der Waals surface area contributed by atoms with Crippen LogP contribution in [0.5, 0.6) is 0 Å². The predicted molar refractivity (Wildman–Crippen MR) is 59.6 cm³/mol. The molecule has 0 saturated carbocycles. The van der Waals surface area contributed by atoms with Crippen LogP contribution in [0.4, 0.5) is 0 Å². The van der Waals surface area contributed by atoms with Gasteiger partial charge in [0.2, 0.25) is 0 Å². The molecule has 0 aromatic rings. The fourth-order valence-electron chi connectivity index (χ4n) is 2.13. The fourth-order valence-corrected chi connectivity index (χ4v) is 2.13. The minimum Gasteiger partial charge on any atom is -0.383 e. The van der Waals surface area contributed by atoms with E-state index in [1.54, 1.807) is 7.11 Å². The molecule has 0 amide bonds.